The van der Waals surface area contributed by atoms with Gasteiger partial charge in [-0.2, -0.15) is 0 Å². The number of nitrogens with zero attached hydrogens (tertiary/aromatic N) is 1. The van der Waals surface area contributed by atoms with Crippen LogP contribution in [0.3, 0.4) is 0 Å². The van der Waals surface area contributed by atoms with Crippen LogP contribution in [0.2, 0.25) is 0 Å². The van der Waals surface area contributed by atoms with Crippen molar-refractivity contribution in [3.05, 3.63) is 57.6 Å². The second-order valence-electron chi connectivity index (χ2n) is 4.66. The summed E-state index contributed by atoms with van der Waals surface area (Å²) in [5, 5.41) is 10.8. The summed E-state index contributed by atoms with van der Waals surface area (Å²) in [5.41, 5.74) is 1.09. The van der Waals surface area contributed by atoms with Gasteiger partial charge in [0.15, 0.2) is 17.3 Å². The fourth-order valence-corrected chi connectivity index (χ4v) is 2.09. The predicted molar refractivity (Wildman–Crippen MR) is 73.9 cm³/mol. The maximum Gasteiger partial charge on any atom is 0.270 e. The first-order valence-corrected chi connectivity index (χ1v) is 6.27. The number of fused-ring (bicyclic) bond motifs is 2. The number of hydrogen-bond acceptors (Lipinski definition) is 5. The predicted octanol–water partition coefficient (Wildman–Crippen LogP) is 3.48. The second kappa shape index (κ2) is 4.90. The first kappa shape index (κ1) is 13.1. The van der Waals surface area contributed by atoms with Crippen molar-refractivity contribution in [3.63, 3.8) is 0 Å². The van der Waals surface area contributed by atoms with Gasteiger partial charge in [0.1, 0.15) is 12.4 Å². The van der Waals surface area contributed by atoms with Gasteiger partial charge in [0.25, 0.3) is 5.69 Å². The van der Waals surface area contributed by atoms with Gasteiger partial charge in [0.2, 0.25) is 0 Å². The van der Waals surface area contributed by atoms with Gasteiger partial charge in [0.05, 0.1) is 4.92 Å². The third kappa shape index (κ3) is 2.43. The Morgan fingerprint density at radius 3 is 2.62 bits per heavy atom. The average Bonchev–Trinajstić information content (AvgIpc) is 2.64. The molecule has 0 fully saturated rings. The van der Waals surface area contributed by atoms with Gasteiger partial charge in [-0.1, -0.05) is 0 Å². The molecular formula is C15H11NO5. The molecule has 0 aromatic heterocycles. The summed E-state index contributed by atoms with van der Waals surface area (Å²) in [6.45, 7) is 1.64. The van der Waals surface area contributed by atoms with Gasteiger partial charge < -0.3 is 9.47 Å². The van der Waals surface area contributed by atoms with Gasteiger partial charge in [-0.05, 0) is 31.2 Å². The number of ether oxygens (including phenoxy) is 2. The first-order chi connectivity index (χ1) is 10.0. The molecule has 21 heavy (non-hydrogen) atoms. The Kier molecular flexibility index (Phi) is 3.06. The number of non-ortho nitro benzene ring substituents is 1. The summed E-state index contributed by atoms with van der Waals surface area (Å²) >= 11 is 0. The Morgan fingerprint density at radius 2 is 1.90 bits per heavy atom. The molecule has 0 bridgehead atoms. The van der Waals surface area contributed by atoms with Crippen LogP contribution in [0.25, 0.3) is 0 Å². The number of nitro groups is 1. The molecule has 1 heterocycles. The van der Waals surface area contributed by atoms with E-state index >= 15 is 0 Å². The Bertz CT molecular complexity index is 754. The van der Waals surface area contributed by atoms with E-state index in [1.807, 2.05) is 0 Å². The molecule has 6 nitrogen and oxygen atoms in total. The number of carbonyl (C=O) groups excluding carboxylic acids is 1. The highest BCUT2D eigenvalue weighted by Gasteiger charge is 2.19. The molecular weight excluding hydrogens is 274 g/mol. The number of Topliss-reactive ketones (excluding diaryl/α,β-unsaturated/α-hetero) is 1. The number of rotatable bonds is 2. The second-order valence-corrected chi connectivity index (χ2v) is 4.66. The van der Waals surface area contributed by atoms with Crippen molar-refractivity contribution in [2.75, 3.05) is 0 Å². The highest BCUT2D eigenvalue weighted by atomic mass is 16.6. The minimum Gasteiger partial charge on any atom is -0.485 e. The zero-order valence-electron chi connectivity index (χ0n) is 11.2. The number of ketones is 1. The van der Waals surface area contributed by atoms with Gasteiger partial charge in [-0.3, -0.25) is 14.9 Å². The Hall–Kier alpha value is -2.89. The third-order valence-electron chi connectivity index (χ3n) is 3.21. The lowest BCUT2D eigenvalue weighted by Crippen LogP contribution is -1.96. The molecule has 0 saturated heterocycles. The van der Waals surface area contributed by atoms with Crippen LogP contribution in [-0.2, 0) is 6.61 Å². The van der Waals surface area contributed by atoms with E-state index in [2.05, 4.69) is 0 Å². The molecule has 0 N–H and O–H groups in total. The van der Waals surface area contributed by atoms with Crippen LogP contribution in [0.4, 0.5) is 5.69 Å². The number of benzene rings is 2. The molecule has 0 amide bonds. The fraction of sp³-hybridized carbons (Fsp3) is 0.133. The first-order valence-electron chi connectivity index (χ1n) is 6.27. The zero-order chi connectivity index (χ0) is 15.0. The smallest absolute Gasteiger partial charge is 0.270 e. The molecule has 2 aromatic rings. The Morgan fingerprint density at radius 1 is 1.14 bits per heavy atom. The molecule has 1 aliphatic rings. The Balaban J connectivity index is 2.02. The number of nitro benzene ring substituents is 1. The van der Waals surface area contributed by atoms with Gasteiger partial charge in [0, 0.05) is 23.3 Å². The Labute approximate surface area is 120 Å². The largest absolute Gasteiger partial charge is 0.485 e. The van der Waals surface area contributed by atoms with Crippen LogP contribution >= 0.6 is 0 Å². The monoisotopic (exact) mass is 285 g/mol. The standard InChI is InChI=1S/C15H11NO5/c1-9(17)10-2-4-14-15(7-10)21-13-5-3-12(16(18)19)6-11(13)8-20-14/h2-7H,8H2,1H3. The van der Waals surface area contributed by atoms with Crippen LogP contribution in [0.15, 0.2) is 36.4 Å². The van der Waals surface area contributed by atoms with Crippen LogP contribution in [-0.4, -0.2) is 10.7 Å². The SMILES string of the molecule is CC(=O)c1ccc2c(c1)Oc1ccc([N+](=O)[O-])cc1CO2. The maximum absolute atomic E-state index is 11.4. The van der Waals surface area contributed by atoms with Crippen molar-refractivity contribution in [2.45, 2.75) is 13.5 Å². The molecule has 0 unspecified atom stereocenters. The van der Waals surface area contributed by atoms with Crippen molar-refractivity contribution in [3.8, 4) is 17.2 Å². The van der Waals surface area contributed by atoms with E-state index in [1.54, 1.807) is 18.2 Å². The third-order valence-corrected chi connectivity index (χ3v) is 3.21. The van der Waals surface area contributed by atoms with Crippen LogP contribution in [0, 0.1) is 10.1 Å². The molecule has 6 heteroatoms. The molecule has 2 aromatic carbocycles. The molecule has 0 aliphatic carbocycles. The van der Waals surface area contributed by atoms with E-state index in [-0.39, 0.29) is 18.1 Å². The van der Waals surface area contributed by atoms with Crippen molar-refractivity contribution < 1.29 is 19.2 Å². The van der Waals surface area contributed by atoms with Crippen LogP contribution in [0.5, 0.6) is 17.2 Å². The summed E-state index contributed by atoms with van der Waals surface area (Å²) in [7, 11) is 0. The lowest BCUT2D eigenvalue weighted by molar-refractivity contribution is -0.385. The van der Waals surface area contributed by atoms with Gasteiger partial charge in [-0.25, -0.2) is 0 Å². The van der Waals surface area contributed by atoms with E-state index in [0.29, 0.717) is 28.4 Å². The highest BCUT2D eigenvalue weighted by molar-refractivity contribution is 5.94. The quantitative estimate of drug-likeness (QED) is 0.479. The van der Waals surface area contributed by atoms with Gasteiger partial charge >= 0.3 is 0 Å². The molecule has 0 saturated carbocycles. The van der Waals surface area contributed by atoms with Crippen LogP contribution < -0.4 is 9.47 Å². The lowest BCUT2D eigenvalue weighted by atomic mass is 10.1. The maximum atomic E-state index is 11.4. The summed E-state index contributed by atoms with van der Waals surface area (Å²) in [6.07, 6.45) is 0. The molecule has 3 rings (SSSR count). The molecule has 0 spiro atoms. The average molecular weight is 285 g/mol. The van der Waals surface area contributed by atoms with E-state index in [0.717, 1.165) is 0 Å². The van der Waals surface area contributed by atoms with Crippen molar-refractivity contribution in [1.82, 2.24) is 0 Å². The van der Waals surface area contributed by atoms with E-state index < -0.39 is 4.92 Å². The molecule has 1 aliphatic heterocycles. The van der Waals surface area contributed by atoms with Crippen molar-refractivity contribution in [2.24, 2.45) is 0 Å². The highest BCUT2D eigenvalue weighted by Crippen LogP contribution is 2.39. The minimum absolute atomic E-state index is 0.0173. The molecule has 106 valence electrons. The van der Waals surface area contributed by atoms with Gasteiger partial charge in [-0.15, -0.1) is 0 Å². The van der Waals surface area contributed by atoms with E-state index in [1.165, 1.54) is 25.1 Å². The normalized spacial score (nSPS) is 12.2. The van der Waals surface area contributed by atoms with Crippen molar-refractivity contribution >= 4 is 11.5 Å². The number of hydrogen-bond donors (Lipinski definition) is 0. The number of carbonyl (C=O) groups is 1. The zero-order valence-corrected chi connectivity index (χ0v) is 11.2. The molecule has 0 atom stereocenters. The van der Waals surface area contributed by atoms with Crippen LogP contribution in [0.1, 0.15) is 22.8 Å². The minimum atomic E-state index is -0.466. The lowest BCUT2D eigenvalue weighted by Gasteiger charge is -2.08. The summed E-state index contributed by atoms with van der Waals surface area (Å²) < 4.78 is 11.3. The van der Waals surface area contributed by atoms with Crippen molar-refractivity contribution in [1.29, 1.82) is 0 Å². The molecule has 0 radical (unpaired) electrons. The summed E-state index contributed by atoms with van der Waals surface area (Å²) in [5.74, 6) is 1.34. The fourth-order valence-electron chi connectivity index (χ4n) is 2.09. The van der Waals surface area contributed by atoms with E-state index in [4.69, 9.17) is 9.47 Å². The summed E-state index contributed by atoms with van der Waals surface area (Å²) in [6, 6.07) is 9.25. The summed E-state index contributed by atoms with van der Waals surface area (Å²) in [4.78, 5) is 21.7. The topological polar surface area (TPSA) is 78.7 Å². The van der Waals surface area contributed by atoms with E-state index in [9.17, 15) is 14.9 Å².